The van der Waals surface area contributed by atoms with Gasteiger partial charge in [-0.3, -0.25) is 14.5 Å². The highest BCUT2D eigenvalue weighted by molar-refractivity contribution is 6.03. The van der Waals surface area contributed by atoms with Crippen molar-refractivity contribution >= 4 is 24.3 Å². The van der Waals surface area contributed by atoms with E-state index >= 15 is 0 Å². The first-order chi connectivity index (χ1) is 9.60. The van der Waals surface area contributed by atoms with Crippen LogP contribution in [0.1, 0.15) is 12.5 Å². The predicted octanol–water partition coefficient (Wildman–Crippen LogP) is 1.71. The Hall–Kier alpha value is -2.43. The van der Waals surface area contributed by atoms with Crippen molar-refractivity contribution in [2.24, 2.45) is 0 Å². The molecule has 1 aromatic rings. The number of carbonyl (C=O) groups is 2. The fourth-order valence-corrected chi connectivity index (χ4v) is 1.47. The predicted molar refractivity (Wildman–Crippen MR) is 76.6 cm³/mol. The molecule has 1 aromatic carbocycles. The molecule has 1 radical (unpaired) electrons. The Kier molecular flexibility index (Phi) is 6.16. The van der Waals surface area contributed by atoms with Gasteiger partial charge in [0.2, 0.25) is 6.29 Å². The number of benzene rings is 1. The topological polar surface area (TPSA) is 57.7 Å². The van der Waals surface area contributed by atoms with Gasteiger partial charge in [-0.05, 0) is 18.6 Å². The molecule has 5 nitrogen and oxygen atoms in total. The highest BCUT2D eigenvalue weighted by Gasteiger charge is 2.21. The van der Waals surface area contributed by atoms with Gasteiger partial charge in [-0.1, -0.05) is 30.3 Å². The lowest BCUT2D eigenvalue weighted by atomic mass is 10.2. The highest BCUT2D eigenvalue weighted by atomic mass is 16.2. The van der Waals surface area contributed by atoms with Gasteiger partial charge in [-0.25, -0.2) is 4.79 Å². The molecule has 0 aliphatic carbocycles. The smallest absolute Gasteiger partial charge is 0.327 e. The van der Waals surface area contributed by atoms with E-state index in [1.807, 2.05) is 30.3 Å². The minimum absolute atomic E-state index is 0.374. The van der Waals surface area contributed by atoms with Gasteiger partial charge in [-0.2, -0.15) is 0 Å². The van der Waals surface area contributed by atoms with Gasteiger partial charge in [0, 0.05) is 19.7 Å². The van der Waals surface area contributed by atoms with E-state index in [9.17, 15) is 14.4 Å². The van der Waals surface area contributed by atoms with E-state index in [4.69, 9.17) is 0 Å². The summed E-state index contributed by atoms with van der Waals surface area (Å²) in [4.78, 5) is 36.6. The van der Waals surface area contributed by atoms with Crippen molar-refractivity contribution < 1.29 is 14.4 Å². The van der Waals surface area contributed by atoms with E-state index in [1.54, 1.807) is 26.3 Å². The van der Waals surface area contributed by atoms with E-state index in [0.717, 1.165) is 10.5 Å². The lowest BCUT2D eigenvalue weighted by Crippen LogP contribution is -2.44. The SMILES string of the molecule is CCN(C)C(=O)N(C[C]=O)C(=O)/C=C/c1ccccc1. The summed E-state index contributed by atoms with van der Waals surface area (Å²) in [5.74, 6) is -0.539. The summed E-state index contributed by atoms with van der Waals surface area (Å²) in [6.45, 7) is 1.86. The first-order valence-electron chi connectivity index (χ1n) is 6.24. The first-order valence-corrected chi connectivity index (χ1v) is 6.24. The third-order valence-electron chi connectivity index (χ3n) is 2.74. The number of carbonyl (C=O) groups excluding carboxylic acids is 3. The van der Waals surface area contributed by atoms with Crippen LogP contribution in [0.5, 0.6) is 0 Å². The van der Waals surface area contributed by atoms with Gasteiger partial charge in [0.15, 0.2) is 0 Å². The molecule has 0 saturated heterocycles. The van der Waals surface area contributed by atoms with Crippen molar-refractivity contribution in [1.82, 2.24) is 9.80 Å². The minimum atomic E-state index is -0.539. The lowest BCUT2D eigenvalue weighted by molar-refractivity contribution is -0.123. The molecule has 0 N–H and O–H groups in total. The monoisotopic (exact) mass is 273 g/mol. The number of amides is 3. The van der Waals surface area contributed by atoms with Crippen molar-refractivity contribution in [3.05, 3.63) is 42.0 Å². The average molecular weight is 273 g/mol. The molecule has 0 unspecified atom stereocenters. The second kappa shape index (κ2) is 7.89. The van der Waals surface area contributed by atoms with E-state index < -0.39 is 11.9 Å². The molecule has 0 fully saturated rings. The van der Waals surface area contributed by atoms with Crippen LogP contribution in [0, 0.1) is 0 Å². The van der Waals surface area contributed by atoms with Gasteiger partial charge in [0.1, 0.15) is 0 Å². The van der Waals surface area contributed by atoms with Crippen molar-refractivity contribution in [3.8, 4) is 0 Å². The molecule has 0 aliphatic heterocycles. The first kappa shape index (κ1) is 15.6. The summed E-state index contributed by atoms with van der Waals surface area (Å²) in [5.41, 5.74) is 0.840. The number of imide groups is 1. The number of nitrogens with zero attached hydrogens (tertiary/aromatic N) is 2. The van der Waals surface area contributed by atoms with Crippen molar-refractivity contribution in [3.63, 3.8) is 0 Å². The van der Waals surface area contributed by atoms with E-state index in [1.165, 1.54) is 11.0 Å². The summed E-state index contributed by atoms with van der Waals surface area (Å²) in [6, 6.07) is 8.71. The average Bonchev–Trinajstić information content (AvgIpc) is 2.49. The van der Waals surface area contributed by atoms with Gasteiger partial charge in [0.25, 0.3) is 5.91 Å². The summed E-state index contributed by atoms with van der Waals surface area (Å²) in [6.07, 6.45) is 4.45. The third-order valence-corrected chi connectivity index (χ3v) is 2.74. The van der Waals surface area contributed by atoms with Crippen LogP contribution in [0.2, 0.25) is 0 Å². The van der Waals surface area contributed by atoms with Crippen LogP contribution >= 0.6 is 0 Å². The Morgan fingerprint density at radius 3 is 2.45 bits per heavy atom. The van der Waals surface area contributed by atoms with Crippen LogP contribution in [0.3, 0.4) is 0 Å². The Morgan fingerprint density at radius 2 is 1.90 bits per heavy atom. The maximum absolute atomic E-state index is 12.0. The molecule has 5 heteroatoms. The Balaban J connectivity index is 2.81. The van der Waals surface area contributed by atoms with E-state index in [0.29, 0.717) is 6.54 Å². The Morgan fingerprint density at radius 1 is 1.25 bits per heavy atom. The molecular weight excluding hydrogens is 256 g/mol. The molecule has 3 amide bonds. The normalized spacial score (nSPS) is 10.3. The fourth-order valence-electron chi connectivity index (χ4n) is 1.47. The summed E-state index contributed by atoms with van der Waals surface area (Å²) in [7, 11) is 1.56. The van der Waals surface area contributed by atoms with Gasteiger partial charge >= 0.3 is 6.03 Å². The van der Waals surface area contributed by atoms with Crippen molar-refractivity contribution in [1.29, 1.82) is 0 Å². The molecular formula is C15H17N2O3. The molecule has 0 saturated carbocycles. The van der Waals surface area contributed by atoms with Crippen molar-refractivity contribution in [2.75, 3.05) is 20.1 Å². The minimum Gasteiger partial charge on any atom is -0.328 e. The Labute approximate surface area is 118 Å². The molecule has 0 heterocycles. The molecule has 105 valence electrons. The van der Waals surface area contributed by atoms with Gasteiger partial charge < -0.3 is 4.90 Å². The fraction of sp³-hybridized carbons (Fsp3) is 0.267. The van der Waals surface area contributed by atoms with Crippen LogP contribution in [0.25, 0.3) is 6.08 Å². The third kappa shape index (κ3) is 4.35. The largest absolute Gasteiger partial charge is 0.328 e. The lowest BCUT2D eigenvalue weighted by Gasteiger charge is -2.22. The second-order valence-corrected chi connectivity index (χ2v) is 4.11. The molecule has 0 aliphatic rings. The summed E-state index contributed by atoms with van der Waals surface area (Å²) < 4.78 is 0. The summed E-state index contributed by atoms with van der Waals surface area (Å²) >= 11 is 0. The maximum atomic E-state index is 12.0. The number of urea groups is 1. The zero-order chi connectivity index (χ0) is 15.0. The highest BCUT2D eigenvalue weighted by Crippen LogP contribution is 2.03. The van der Waals surface area contributed by atoms with E-state index in [-0.39, 0.29) is 6.54 Å². The maximum Gasteiger partial charge on any atom is 0.327 e. The zero-order valence-corrected chi connectivity index (χ0v) is 11.6. The van der Waals surface area contributed by atoms with Gasteiger partial charge in [-0.15, -0.1) is 0 Å². The molecule has 0 atom stereocenters. The van der Waals surface area contributed by atoms with Crippen molar-refractivity contribution in [2.45, 2.75) is 6.92 Å². The second-order valence-electron chi connectivity index (χ2n) is 4.11. The number of hydrogen-bond acceptors (Lipinski definition) is 3. The van der Waals surface area contributed by atoms with Crippen LogP contribution in [0.15, 0.2) is 36.4 Å². The number of hydrogen-bond donors (Lipinski definition) is 0. The quantitative estimate of drug-likeness (QED) is 0.767. The van der Waals surface area contributed by atoms with Crippen LogP contribution in [-0.4, -0.2) is 48.2 Å². The molecule has 1 rings (SSSR count). The molecule has 20 heavy (non-hydrogen) atoms. The molecule has 0 spiro atoms. The van der Waals surface area contributed by atoms with Crippen LogP contribution < -0.4 is 0 Å². The van der Waals surface area contributed by atoms with Crippen LogP contribution in [-0.2, 0) is 9.59 Å². The Bertz CT molecular complexity index is 497. The summed E-state index contributed by atoms with van der Waals surface area (Å²) in [5, 5.41) is 0. The van der Waals surface area contributed by atoms with E-state index in [2.05, 4.69) is 0 Å². The van der Waals surface area contributed by atoms with Gasteiger partial charge in [0.05, 0.1) is 6.54 Å². The molecule has 0 aromatic heterocycles. The van der Waals surface area contributed by atoms with Crippen LogP contribution in [0.4, 0.5) is 4.79 Å². The zero-order valence-electron chi connectivity index (χ0n) is 11.6. The number of rotatable bonds is 5. The molecule has 0 bridgehead atoms. The standard InChI is InChI=1S/C15H17N2O3/c1-3-16(2)15(20)17(11-12-18)14(19)10-9-13-7-5-4-6-8-13/h4-10H,3,11H2,1-2H3/b10-9+.